The molecule has 1 aromatic carbocycles. The molecule has 0 unspecified atom stereocenters. The molecule has 1 aromatic rings. The molecule has 3 amide bonds. The van der Waals surface area contributed by atoms with Crippen LogP contribution in [0.4, 0.5) is 0 Å². The Morgan fingerprint density at radius 1 is 0.947 bits per heavy atom. The first kappa shape index (κ1) is 14.7. The Morgan fingerprint density at radius 2 is 1.42 bits per heavy atom. The lowest BCUT2D eigenvalue weighted by molar-refractivity contribution is 0.0998. The first-order valence-electron chi connectivity index (χ1n) is 5.94. The minimum atomic E-state index is -0.743. The third-order valence-electron chi connectivity index (χ3n) is 2.85. The van der Waals surface area contributed by atoms with Crippen LogP contribution in [0.15, 0.2) is 12.1 Å². The molecule has 0 spiro atoms. The monoisotopic (exact) mass is 263 g/mol. The highest BCUT2D eigenvalue weighted by Crippen LogP contribution is 2.20. The molecule has 1 rings (SSSR count). The molecule has 6 nitrogen and oxygen atoms in total. The van der Waals surface area contributed by atoms with Crippen molar-refractivity contribution >= 4 is 17.7 Å². The predicted octanol–water partition coefficient (Wildman–Crippen LogP) is 0.326. The van der Waals surface area contributed by atoms with E-state index >= 15 is 0 Å². The molecule has 102 valence electrons. The number of nitrogens with two attached hydrogens (primary N) is 3. The van der Waals surface area contributed by atoms with E-state index < -0.39 is 17.7 Å². The maximum absolute atomic E-state index is 11.5. The van der Waals surface area contributed by atoms with Gasteiger partial charge in [0.25, 0.3) is 0 Å². The van der Waals surface area contributed by atoms with E-state index in [1.54, 1.807) is 0 Å². The fourth-order valence-corrected chi connectivity index (χ4v) is 1.88. The van der Waals surface area contributed by atoms with Gasteiger partial charge in [0, 0.05) is 16.7 Å². The summed E-state index contributed by atoms with van der Waals surface area (Å²) in [5.74, 6) is -2.17. The summed E-state index contributed by atoms with van der Waals surface area (Å²) in [4.78, 5) is 34.1. The third-order valence-corrected chi connectivity index (χ3v) is 2.85. The lowest BCUT2D eigenvalue weighted by Gasteiger charge is -2.12. The molecule has 19 heavy (non-hydrogen) atoms. The molecule has 0 saturated heterocycles. The van der Waals surface area contributed by atoms with Crippen molar-refractivity contribution in [2.75, 3.05) is 0 Å². The summed E-state index contributed by atoms with van der Waals surface area (Å²) in [5.41, 5.74) is 16.5. The Morgan fingerprint density at radius 3 is 1.74 bits per heavy atom. The highest BCUT2D eigenvalue weighted by atomic mass is 16.2. The average molecular weight is 263 g/mol. The van der Waals surface area contributed by atoms with Crippen molar-refractivity contribution in [2.24, 2.45) is 17.2 Å². The number of amides is 3. The van der Waals surface area contributed by atoms with Gasteiger partial charge in [0.1, 0.15) is 0 Å². The van der Waals surface area contributed by atoms with Gasteiger partial charge in [-0.2, -0.15) is 0 Å². The fraction of sp³-hybridized carbons (Fsp3) is 0.308. The van der Waals surface area contributed by atoms with Crippen LogP contribution in [0.3, 0.4) is 0 Å². The largest absolute Gasteiger partial charge is 0.366 e. The van der Waals surface area contributed by atoms with E-state index in [0.29, 0.717) is 12.0 Å². The van der Waals surface area contributed by atoms with E-state index in [9.17, 15) is 14.4 Å². The molecule has 0 radical (unpaired) electrons. The first-order valence-corrected chi connectivity index (χ1v) is 5.94. The Labute approximate surface area is 110 Å². The fourth-order valence-electron chi connectivity index (χ4n) is 1.88. The van der Waals surface area contributed by atoms with Gasteiger partial charge in [0.2, 0.25) is 17.7 Å². The molecular formula is C13H17N3O3. The number of hydrogen-bond donors (Lipinski definition) is 3. The molecule has 6 N–H and O–H groups in total. The topological polar surface area (TPSA) is 129 Å². The maximum Gasteiger partial charge on any atom is 0.249 e. The number of hydrogen-bond acceptors (Lipinski definition) is 3. The van der Waals surface area contributed by atoms with Gasteiger partial charge in [-0.15, -0.1) is 0 Å². The second-order valence-electron chi connectivity index (χ2n) is 4.25. The molecule has 0 atom stereocenters. The molecule has 0 aliphatic rings. The van der Waals surface area contributed by atoms with Crippen molar-refractivity contribution in [2.45, 2.75) is 26.2 Å². The number of benzene rings is 1. The van der Waals surface area contributed by atoms with Crippen LogP contribution in [-0.2, 0) is 6.42 Å². The van der Waals surface area contributed by atoms with Crippen molar-refractivity contribution in [3.05, 3.63) is 34.4 Å². The molecular weight excluding hydrogens is 246 g/mol. The Kier molecular flexibility index (Phi) is 4.63. The van der Waals surface area contributed by atoms with Crippen LogP contribution in [-0.4, -0.2) is 17.7 Å². The van der Waals surface area contributed by atoms with Crippen LogP contribution < -0.4 is 17.2 Å². The Hall–Kier alpha value is -2.37. The van der Waals surface area contributed by atoms with E-state index in [4.69, 9.17) is 17.2 Å². The van der Waals surface area contributed by atoms with Crippen molar-refractivity contribution in [3.63, 3.8) is 0 Å². The zero-order valence-corrected chi connectivity index (χ0v) is 10.7. The zero-order valence-electron chi connectivity index (χ0n) is 10.7. The van der Waals surface area contributed by atoms with Gasteiger partial charge in [0.05, 0.1) is 0 Å². The number of carbonyl (C=O) groups is 3. The summed E-state index contributed by atoms with van der Waals surface area (Å²) in [5, 5.41) is 0. The molecule has 0 heterocycles. The minimum Gasteiger partial charge on any atom is -0.366 e. The minimum absolute atomic E-state index is 0.0443. The smallest absolute Gasteiger partial charge is 0.249 e. The quantitative estimate of drug-likeness (QED) is 0.683. The van der Waals surface area contributed by atoms with Gasteiger partial charge in [0.15, 0.2) is 0 Å². The normalized spacial score (nSPS) is 10.2. The van der Waals surface area contributed by atoms with E-state index in [2.05, 4.69) is 0 Å². The summed E-state index contributed by atoms with van der Waals surface area (Å²) >= 11 is 0. The summed E-state index contributed by atoms with van der Waals surface area (Å²) < 4.78 is 0. The number of carbonyl (C=O) groups excluding carboxylic acids is 3. The van der Waals surface area contributed by atoms with Crippen LogP contribution in [0.2, 0.25) is 0 Å². The van der Waals surface area contributed by atoms with Crippen LogP contribution >= 0.6 is 0 Å². The third kappa shape index (κ3) is 3.31. The summed E-state index contributed by atoms with van der Waals surface area (Å²) in [6.45, 7) is 1.98. The molecule has 0 aliphatic carbocycles. The number of unbranched alkanes of at least 4 members (excludes halogenated alkanes) is 1. The summed E-state index contributed by atoms with van der Waals surface area (Å²) in [6.07, 6.45) is 2.15. The zero-order chi connectivity index (χ0) is 14.6. The van der Waals surface area contributed by atoms with Crippen LogP contribution in [0, 0.1) is 0 Å². The molecule has 0 bridgehead atoms. The first-order chi connectivity index (χ1) is 8.88. The summed E-state index contributed by atoms with van der Waals surface area (Å²) in [7, 11) is 0. The highest BCUT2D eigenvalue weighted by Gasteiger charge is 2.19. The standard InChI is InChI=1S/C13H17N3O3/c1-2-3-4-8-9(12(15)18)5-7(11(14)17)6-10(8)13(16)19/h5-6H,2-4H2,1H3,(H2,14,17)(H2,15,18)(H2,16,19). The van der Waals surface area contributed by atoms with E-state index in [0.717, 1.165) is 12.8 Å². The van der Waals surface area contributed by atoms with Crippen LogP contribution in [0.5, 0.6) is 0 Å². The second-order valence-corrected chi connectivity index (χ2v) is 4.25. The van der Waals surface area contributed by atoms with E-state index in [1.165, 1.54) is 12.1 Å². The molecule has 0 saturated carbocycles. The lowest BCUT2D eigenvalue weighted by atomic mass is 9.92. The summed E-state index contributed by atoms with van der Waals surface area (Å²) in [6, 6.07) is 2.62. The molecule has 0 aromatic heterocycles. The molecule has 6 heteroatoms. The Balaban J connectivity index is 3.50. The van der Waals surface area contributed by atoms with Gasteiger partial charge in [-0.3, -0.25) is 14.4 Å². The van der Waals surface area contributed by atoms with Crippen molar-refractivity contribution < 1.29 is 14.4 Å². The van der Waals surface area contributed by atoms with Crippen LogP contribution in [0.1, 0.15) is 56.4 Å². The number of primary amides is 3. The van der Waals surface area contributed by atoms with E-state index in [1.807, 2.05) is 6.92 Å². The predicted molar refractivity (Wildman–Crippen MR) is 70.6 cm³/mol. The van der Waals surface area contributed by atoms with Gasteiger partial charge < -0.3 is 17.2 Å². The number of rotatable bonds is 6. The van der Waals surface area contributed by atoms with Crippen molar-refractivity contribution in [1.29, 1.82) is 0 Å². The molecule has 0 fully saturated rings. The van der Waals surface area contributed by atoms with Crippen molar-refractivity contribution in [1.82, 2.24) is 0 Å². The van der Waals surface area contributed by atoms with Crippen LogP contribution in [0.25, 0.3) is 0 Å². The SMILES string of the molecule is CCCCc1c(C(N)=O)cc(C(N)=O)cc1C(N)=O. The van der Waals surface area contributed by atoms with Gasteiger partial charge in [-0.1, -0.05) is 13.3 Å². The van der Waals surface area contributed by atoms with Gasteiger partial charge >= 0.3 is 0 Å². The molecule has 0 aliphatic heterocycles. The average Bonchev–Trinajstić information content (AvgIpc) is 2.34. The second kappa shape index (κ2) is 5.99. The highest BCUT2D eigenvalue weighted by molar-refractivity contribution is 6.05. The Bertz CT molecular complexity index is 503. The maximum atomic E-state index is 11.5. The van der Waals surface area contributed by atoms with E-state index in [-0.39, 0.29) is 16.7 Å². The lowest BCUT2D eigenvalue weighted by Crippen LogP contribution is -2.23. The van der Waals surface area contributed by atoms with Gasteiger partial charge in [-0.25, -0.2) is 0 Å². The van der Waals surface area contributed by atoms with Gasteiger partial charge in [-0.05, 0) is 30.5 Å². The van der Waals surface area contributed by atoms with Crippen molar-refractivity contribution in [3.8, 4) is 0 Å².